The van der Waals surface area contributed by atoms with Crippen LogP contribution in [0.3, 0.4) is 0 Å². The topological polar surface area (TPSA) is 46.3 Å². The number of amides is 1. The monoisotopic (exact) mass is 362 g/mol. The molecule has 0 fully saturated rings. The SMILES string of the molecule is CC(C)N(CC(N)=S)C(=O)c1cccc(I)c1. The first-order valence-electron chi connectivity index (χ1n) is 5.26. The Morgan fingerprint density at radius 3 is 2.65 bits per heavy atom. The fourth-order valence-corrected chi connectivity index (χ4v) is 2.13. The van der Waals surface area contributed by atoms with Crippen LogP contribution in [-0.4, -0.2) is 28.4 Å². The van der Waals surface area contributed by atoms with Crippen molar-refractivity contribution in [3.05, 3.63) is 33.4 Å². The van der Waals surface area contributed by atoms with E-state index in [0.717, 1.165) is 3.57 Å². The van der Waals surface area contributed by atoms with Crippen LogP contribution in [0, 0.1) is 3.57 Å². The Labute approximate surface area is 121 Å². The van der Waals surface area contributed by atoms with Gasteiger partial charge in [-0.05, 0) is 54.6 Å². The maximum absolute atomic E-state index is 12.3. The predicted octanol–water partition coefficient (Wildman–Crippen LogP) is 2.43. The van der Waals surface area contributed by atoms with E-state index in [1.54, 1.807) is 11.0 Å². The van der Waals surface area contributed by atoms with Gasteiger partial charge in [-0.2, -0.15) is 0 Å². The summed E-state index contributed by atoms with van der Waals surface area (Å²) >= 11 is 7.05. The second kappa shape index (κ2) is 6.30. The average Bonchev–Trinajstić information content (AvgIpc) is 2.24. The number of benzene rings is 1. The summed E-state index contributed by atoms with van der Waals surface area (Å²) in [6.07, 6.45) is 0. The Hall–Kier alpha value is -0.690. The lowest BCUT2D eigenvalue weighted by atomic mass is 10.1. The molecule has 1 amide bonds. The van der Waals surface area contributed by atoms with Crippen LogP contribution >= 0.6 is 34.8 Å². The molecule has 0 saturated carbocycles. The maximum Gasteiger partial charge on any atom is 0.254 e. The van der Waals surface area contributed by atoms with Crippen molar-refractivity contribution in [3.63, 3.8) is 0 Å². The molecule has 17 heavy (non-hydrogen) atoms. The van der Waals surface area contributed by atoms with Crippen molar-refractivity contribution in [2.45, 2.75) is 19.9 Å². The van der Waals surface area contributed by atoms with Crippen molar-refractivity contribution in [2.75, 3.05) is 6.54 Å². The number of rotatable bonds is 4. The van der Waals surface area contributed by atoms with Crippen molar-refractivity contribution >= 4 is 45.7 Å². The van der Waals surface area contributed by atoms with Gasteiger partial charge in [0.15, 0.2) is 0 Å². The van der Waals surface area contributed by atoms with Gasteiger partial charge < -0.3 is 10.6 Å². The minimum atomic E-state index is -0.0358. The summed E-state index contributed by atoms with van der Waals surface area (Å²) in [6.45, 7) is 4.21. The lowest BCUT2D eigenvalue weighted by molar-refractivity contribution is 0.0736. The molecule has 2 N–H and O–H groups in total. The summed E-state index contributed by atoms with van der Waals surface area (Å²) in [4.78, 5) is 14.3. The zero-order chi connectivity index (χ0) is 13.0. The smallest absolute Gasteiger partial charge is 0.254 e. The number of nitrogens with zero attached hydrogens (tertiary/aromatic N) is 1. The number of hydrogen-bond acceptors (Lipinski definition) is 2. The molecule has 5 heteroatoms. The zero-order valence-electron chi connectivity index (χ0n) is 9.81. The van der Waals surface area contributed by atoms with Gasteiger partial charge in [0.2, 0.25) is 0 Å². The summed E-state index contributed by atoms with van der Waals surface area (Å²) in [5.41, 5.74) is 6.18. The van der Waals surface area contributed by atoms with E-state index in [9.17, 15) is 4.79 Å². The number of hydrogen-bond donors (Lipinski definition) is 1. The largest absolute Gasteiger partial charge is 0.392 e. The zero-order valence-corrected chi connectivity index (χ0v) is 12.8. The van der Waals surface area contributed by atoms with E-state index in [1.807, 2.05) is 32.0 Å². The number of carbonyl (C=O) groups excluding carboxylic acids is 1. The molecule has 0 aliphatic carbocycles. The number of halogens is 1. The molecule has 1 rings (SSSR count). The highest BCUT2D eigenvalue weighted by molar-refractivity contribution is 14.1. The van der Waals surface area contributed by atoms with Gasteiger partial charge in [0.05, 0.1) is 11.5 Å². The molecule has 1 aromatic rings. The summed E-state index contributed by atoms with van der Waals surface area (Å²) in [7, 11) is 0. The lowest BCUT2D eigenvalue weighted by Gasteiger charge is -2.26. The molecule has 1 aromatic carbocycles. The van der Waals surface area contributed by atoms with Crippen LogP contribution in [0.5, 0.6) is 0 Å². The molecule has 0 atom stereocenters. The number of nitrogens with two attached hydrogens (primary N) is 1. The first-order valence-corrected chi connectivity index (χ1v) is 6.75. The molecule has 0 aliphatic heterocycles. The first-order chi connectivity index (χ1) is 7.91. The Morgan fingerprint density at radius 2 is 2.18 bits per heavy atom. The molecule has 3 nitrogen and oxygen atoms in total. The quantitative estimate of drug-likeness (QED) is 0.661. The molecule has 0 radical (unpaired) electrons. The highest BCUT2D eigenvalue weighted by atomic mass is 127. The average molecular weight is 362 g/mol. The molecule has 92 valence electrons. The fourth-order valence-electron chi connectivity index (χ4n) is 1.44. The van der Waals surface area contributed by atoms with Gasteiger partial charge in [-0.25, -0.2) is 0 Å². The van der Waals surface area contributed by atoms with Crippen molar-refractivity contribution in [1.82, 2.24) is 4.90 Å². The van der Waals surface area contributed by atoms with E-state index >= 15 is 0 Å². The van der Waals surface area contributed by atoms with Gasteiger partial charge in [0.25, 0.3) is 5.91 Å². The second-order valence-corrected chi connectivity index (χ2v) is 5.77. The van der Waals surface area contributed by atoms with E-state index in [2.05, 4.69) is 22.6 Å². The Morgan fingerprint density at radius 1 is 1.53 bits per heavy atom. The van der Waals surface area contributed by atoms with Crippen LogP contribution in [-0.2, 0) is 0 Å². The van der Waals surface area contributed by atoms with Crippen LogP contribution in [0.15, 0.2) is 24.3 Å². The number of thiocarbonyl (C=S) groups is 1. The van der Waals surface area contributed by atoms with E-state index in [0.29, 0.717) is 17.1 Å². The Bertz CT molecular complexity index is 434. The summed E-state index contributed by atoms with van der Waals surface area (Å²) in [5, 5.41) is 0. The molecule has 0 aliphatic rings. The van der Waals surface area contributed by atoms with Gasteiger partial charge in [0, 0.05) is 15.2 Å². The number of carbonyl (C=O) groups is 1. The van der Waals surface area contributed by atoms with E-state index in [1.165, 1.54) is 0 Å². The van der Waals surface area contributed by atoms with Gasteiger partial charge in [0.1, 0.15) is 0 Å². The molecular weight excluding hydrogens is 347 g/mol. The molecule has 0 unspecified atom stereocenters. The van der Waals surface area contributed by atoms with Crippen molar-refractivity contribution < 1.29 is 4.79 Å². The maximum atomic E-state index is 12.3. The minimum absolute atomic E-state index is 0.0358. The van der Waals surface area contributed by atoms with Crippen LogP contribution < -0.4 is 5.73 Å². The molecule has 0 spiro atoms. The second-order valence-electron chi connectivity index (χ2n) is 4.00. The third-order valence-electron chi connectivity index (χ3n) is 2.28. The highest BCUT2D eigenvalue weighted by Crippen LogP contribution is 2.12. The Kier molecular flexibility index (Phi) is 5.32. The van der Waals surface area contributed by atoms with Gasteiger partial charge in [-0.15, -0.1) is 0 Å². The summed E-state index contributed by atoms with van der Waals surface area (Å²) in [5.74, 6) is -0.0358. The highest BCUT2D eigenvalue weighted by Gasteiger charge is 2.19. The Balaban J connectivity index is 2.95. The molecule has 0 saturated heterocycles. The van der Waals surface area contributed by atoms with Crippen LogP contribution in [0.25, 0.3) is 0 Å². The minimum Gasteiger partial charge on any atom is -0.392 e. The standard InChI is InChI=1S/C12H15IN2OS/c1-8(2)15(7-11(14)17)12(16)9-4-3-5-10(13)6-9/h3-6,8H,7H2,1-2H3,(H2,14,17). The van der Waals surface area contributed by atoms with Gasteiger partial charge in [-0.3, -0.25) is 4.79 Å². The lowest BCUT2D eigenvalue weighted by Crippen LogP contribution is -2.42. The third kappa shape index (κ3) is 4.23. The van der Waals surface area contributed by atoms with Crippen molar-refractivity contribution in [2.24, 2.45) is 5.73 Å². The summed E-state index contributed by atoms with van der Waals surface area (Å²) in [6, 6.07) is 7.55. The van der Waals surface area contributed by atoms with E-state index in [-0.39, 0.29) is 11.9 Å². The first kappa shape index (κ1) is 14.4. The van der Waals surface area contributed by atoms with Crippen molar-refractivity contribution in [3.8, 4) is 0 Å². The van der Waals surface area contributed by atoms with E-state index in [4.69, 9.17) is 18.0 Å². The van der Waals surface area contributed by atoms with Crippen LogP contribution in [0.2, 0.25) is 0 Å². The van der Waals surface area contributed by atoms with E-state index < -0.39 is 0 Å². The summed E-state index contributed by atoms with van der Waals surface area (Å²) < 4.78 is 1.03. The normalized spacial score (nSPS) is 10.4. The van der Waals surface area contributed by atoms with Gasteiger partial charge in [-0.1, -0.05) is 18.3 Å². The van der Waals surface area contributed by atoms with Crippen LogP contribution in [0.4, 0.5) is 0 Å². The fraction of sp³-hybridized carbons (Fsp3) is 0.333. The molecule has 0 aromatic heterocycles. The van der Waals surface area contributed by atoms with Gasteiger partial charge >= 0.3 is 0 Å². The van der Waals surface area contributed by atoms with Crippen molar-refractivity contribution in [1.29, 1.82) is 0 Å². The molecule has 0 heterocycles. The third-order valence-corrected chi connectivity index (χ3v) is 3.08. The van der Waals surface area contributed by atoms with Crippen LogP contribution in [0.1, 0.15) is 24.2 Å². The molecular formula is C12H15IN2OS. The predicted molar refractivity (Wildman–Crippen MR) is 82.1 cm³/mol. The molecule has 0 bridgehead atoms.